The first-order chi connectivity index (χ1) is 8.13. The van der Waals surface area contributed by atoms with Crippen molar-refractivity contribution in [3.05, 3.63) is 53.6 Å². The third kappa shape index (κ3) is 3.85. The van der Waals surface area contributed by atoms with Crippen LogP contribution in [0.15, 0.2) is 42.5 Å². The molecule has 0 radical (unpaired) electrons. The summed E-state index contributed by atoms with van der Waals surface area (Å²) in [5, 5.41) is 27.7. The van der Waals surface area contributed by atoms with E-state index in [1.54, 1.807) is 42.5 Å². The number of hydrogen-bond acceptors (Lipinski definition) is 3. The Bertz CT molecular complexity index is 527. The van der Waals surface area contributed by atoms with Crippen LogP contribution in [0.5, 0.6) is 17.2 Å². The molecule has 0 aliphatic rings. The molecule has 0 spiro atoms. The van der Waals surface area contributed by atoms with Gasteiger partial charge in [0.1, 0.15) is 17.2 Å². The Hall–Kier alpha value is -1.88. The van der Waals surface area contributed by atoms with E-state index in [0.717, 1.165) is 5.56 Å². The molecule has 3 nitrogen and oxygen atoms in total. The van der Waals surface area contributed by atoms with Gasteiger partial charge in [0, 0.05) is 6.07 Å². The molecule has 2 aromatic rings. The molecule has 0 bridgehead atoms. The Morgan fingerprint density at radius 1 is 0.611 bits per heavy atom. The molecule has 0 aliphatic heterocycles. The summed E-state index contributed by atoms with van der Waals surface area (Å²) in [4.78, 5) is 0. The van der Waals surface area contributed by atoms with Gasteiger partial charge in [-0.05, 0) is 35.4 Å². The normalized spacial score (nSPS) is 10.2. The Morgan fingerprint density at radius 3 is 1.67 bits per heavy atom. The first kappa shape index (κ1) is 14.2. The van der Waals surface area contributed by atoms with Crippen LogP contribution in [-0.2, 0) is 0 Å². The maximum atomic E-state index is 9.30. The second-order valence-corrected chi connectivity index (χ2v) is 3.71. The van der Waals surface area contributed by atoms with E-state index in [0.29, 0.717) is 5.56 Å². The zero-order chi connectivity index (χ0) is 12.3. The molecule has 2 rings (SSSR count). The summed E-state index contributed by atoms with van der Waals surface area (Å²) in [6, 6.07) is 11.1. The molecular weight excluding hydrogens is 289 g/mol. The van der Waals surface area contributed by atoms with E-state index >= 15 is 0 Å². The molecule has 0 atom stereocenters. The van der Waals surface area contributed by atoms with E-state index in [4.69, 9.17) is 5.11 Å². The van der Waals surface area contributed by atoms with Crippen molar-refractivity contribution >= 4 is 29.7 Å². The number of hydrogen-bond donors (Lipinski definition) is 3. The summed E-state index contributed by atoms with van der Waals surface area (Å²) in [7, 11) is 0. The van der Waals surface area contributed by atoms with Gasteiger partial charge in [-0.2, -0.15) is 0 Å². The molecule has 0 unspecified atom stereocenters. The number of phenolic OH excluding ortho intramolecular Hbond substituents is 3. The maximum absolute atomic E-state index is 9.30. The van der Waals surface area contributed by atoms with Crippen LogP contribution < -0.4 is 0 Å². The SMILES string of the molecule is Oc1ccc(C=Cc2cc(O)cc(O)c2)cc1.[GeH4]. The molecule has 0 saturated heterocycles. The fraction of sp³-hybridized carbons (Fsp3) is 0. The average molecular weight is 305 g/mol. The van der Waals surface area contributed by atoms with Crippen LogP contribution in [-0.4, -0.2) is 32.9 Å². The van der Waals surface area contributed by atoms with Gasteiger partial charge in [-0.1, -0.05) is 24.3 Å². The van der Waals surface area contributed by atoms with Crippen LogP contribution in [0.2, 0.25) is 0 Å². The zero-order valence-corrected chi connectivity index (χ0v) is 9.04. The summed E-state index contributed by atoms with van der Waals surface area (Å²) in [6.07, 6.45) is 3.60. The Labute approximate surface area is 116 Å². The molecule has 0 aromatic heterocycles. The quantitative estimate of drug-likeness (QED) is 0.582. The van der Waals surface area contributed by atoms with Crippen LogP contribution >= 0.6 is 0 Å². The van der Waals surface area contributed by atoms with Gasteiger partial charge in [-0.3, -0.25) is 0 Å². The van der Waals surface area contributed by atoms with Gasteiger partial charge in [0.05, 0.1) is 0 Å². The third-order valence-corrected chi connectivity index (χ3v) is 2.29. The first-order valence-electron chi connectivity index (χ1n) is 5.13. The van der Waals surface area contributed by atoms with Gasteiger partial charge in [0.25, 0.3) is 0 Å². The molecule has 0 saturated carbocycles. The molecule has 0 amide bonds. The second kappa shape index (κ2) is 6.16. The van der Waals surface area contributed by atoms with E-state index in [1.165, 1.54) is 6.07 Å². The van der Waals surface area contributed by atoms with Crippen molar-refractivity contribution in [2.45, 2.75) is 0 Å². The van der Waals surface area contributed by atoms with Crippen molar-refractivity contribution in [2.75, 3.05) is 0 Å². The third-order valence-electron chi connectivity index (χ3n) is 2.29. The van der Waals surface area contributed by atoms with Crippen molar-refractivity contribution in [3.63, 3.8) is 0 Å². The zero-order valence-electron chi connectivity index (χ0n) is 9.04. The predicted octanol–water partition coefficient (Wildman–Crippen LogP) is 1.52. The average Bonchev–Trinajstić information content (AvgIpc) is 2.27. The molecule has 18 heavy (non-hydrogen) atoms. The molecule has 0 aliphatic carbocycles. The van der Waals surface area contributed by atoms with E-state index < -0.39 is 0 Å². The number of benzene rings is 2. The summed E-state index contributed by atoms with van der Waals surface area (Å²) in [5.41, 5.74) is 1.63. The number of phenols is 3. The van der Waals surface area contributed by atoms with Gasteiger partial charge >= 0.3 is 17.6 Å². The molecule has 4 heteroatoms. The van der Waals surface area contributed by atoms with Crippen molar-refractivity contribution in [2.24, 2.45) is 0 Å². The minimum atomic E-state index is 0. The Kier molecular flexibility index (Phi) is 4.86. The minimum absolute atomic E-state index is 0. The monoisotopic (exact) mass is 306 g/mol. The summed E-state index contributed by atoms with van der Waals surface area (Å²) in [6.45, 7) is 0. The standard InChI is InChI=1S/C14H12O3.GeH4/c15-12-5-3-10(4-6-12)1-2-11-7-13(16)9-14(17)8-11;/h1-9,15-17H;1H4. The Balaban J connectivity index is 0.00000162. The van der Waals surface area contributed by atoms with Crippen LogP contribution in [0.1, 0.15) is 11.1 Å². The van der Waals surface area contributed by atoms with Crippen LogP contribution in [0.4, 0.5) is 0 Å². The van der Waals surface area contributed by atoms with Crippen molar-refractivity contribution in [1.29, 1.82) is 0 Å². The van der Waals surface area contributed by atoms with E-state index in [1.807, 2.05) is 6.08 Å². The van der Waals surface area contributed by atoms with Crippen LogP contribution in [0, 0.1) is 0 Å². The van der Waals surface area contributed by atoms with E-state index in [9.17, 15) is 10.2 Å². The Morgan fingerprint density at radius 2 is 1.11 bits per heavy atom. The van der Waals surface area contributed by atoms with Crippen molar-refractivity contribution < 1.29 is 15.3 Å². The van der Waals surface area contributed by atoms with E-state index in [-0.39, 0.29) is 34.8 Å². The van der Waals surface area contributed by atoms with Gasteiger partial charge < -0.3 is 15.3 Å². The first-order valence-corrected chi connectivity index (χ1v) is 5.13. The molecule has 94 valence electrons. The predicted molar refractivity (Wildman–Crippen MR) is 78.1 cm³/mol. The van der Waals surface area contributed by atoms with E-state index in [2.05, 4.69) is 0 Å². The molecule has 2 aromatic carbocycles. The fourth-order valence-corrected chi connectivity index (χ4v) is 1.49. The van der Waals surface area contributed by atoms with Gasteiger partial charge in [0.15, 0.2) is 0 Å². The molecule has 0 fully saturated rings. The van der Waals surface area contributed by atoms with Gasteiger partial charge in [0.2, 0.25) is 0 Å². The van der Waals surface area contributed by atoms with Crippen molar-refractivity contribution in [3.8, 4) is 17.2 Å². The summed E-state index contributed by atoms with van der Waals surface area (Å²) >= 11 is 0. The molecule has 3 N–H and O–H groups in total. The van der Waals surface area contributed by atoms with Gasteiger partial charge in [-0.25, -0.2) is 0 Å². The summed E-state index contributed by atoms with van der Waals surface area (Å²) < 4.78 is 0. The van der Waals surface area contributed by atoms with Crippen LogP contribution in [0.25, 0.3) is 12.2 Å². The van der Waals surface area contributed by atoms with Crippen LogP contribution in [0.3, 0.4) is 0 Å². The van der Waals surface area contributed by atoms with Crippen molar-refractivity contribution in [1.82, 2.24) is 0 Å². The molecular formula is C14H16GeO3. The number of rotatable bonds is 2. The second-order valence-electron chi connectivity index (χ2n) is 3.71. The topological polar surface area (TPSA) is 60.7 Å². The summed E-state index contributed by atoms with van der Waals surface area (Å²) in [5.74, 6) is 0.267. The fourth-order valence-electron chi connectivity index (χ4n) is 1.49. The number of aromatic hydroxyl groups is 3. The van der Waals surface area contributed by atoms with Gasteiger partial charge in [-0.15, -0.1) is 0 Å². The molecule has 0 heterocycles.